The number of hydrogen-bond donors (Lipinski definition) is 1. The molecule has 164 valence electrons. The highest BCUT2D eigenvalue weighted by Crippen LogP contribution is 2.20. The number of hydrogen-bond acceptors (Lipinski definition) is 5. The maximum Gasteiger partial charge on any atom is 0.256 e. The standard InChI is InChI=1S/C24H23ClN4O3/c1-15-10-23(27-29(15)13-18-6-4-8-20(25)11-18)26-24(30)19-7-5-9-21(12-19)31-14-22-16(2)28-32-17(22)3/h4-12H,13-14H2,1-3H3,(H,26,27,30). The lowest BCUT2D eigenvalue weighted by Crippen LogP contribution is -2.13. The van der Waals surface area contributed by atoms with Crippen LogP contribution in [-0.2, 0) is 13.2 Å². The van der Waals surface area contributed by atoms with Crippen molar-refractivity contribution in [3.63, 3.8) is 0 Å². The molecule has 7 nitrogen and oxygen atoms in total. The van der Waals surface area contributed by atoms with E-state index in [1.54, 1.807) is 24.3 Å². The van der Waals surface area contributed by atoms with Crippen molar-refractivity contribution in [2.24, 2.45) is 0 Å². The molecule has 1 N–H and O–H groups in total. The van der Waals surface area contributed by atoms with Crippen molar-refractivity contribution in [2.45, 2.75) is 33.9 Å². The number of carbonyl (C=O) groups excluding carboxylic acids is 1. The molecule has 0 aliphatic rings. The monoisotopic (exact) mass is 450 g/mol. The highest BCUT2D eigenvalue weighted by atomic mass is 35.5. The molecular weight excluding hydrogens is 428 g/mol. The zero-order valence-electron chi connectivity index (χ0n) is 18.1. The van der Waals surface area contributed by atoms with Crippen LogP contribution in [0.2, 0.25) is 5.02 Å². The molecule has 0 atom stereocenters. The molecule has 1 amide bonds. The molecule has 2 aromatic carbocycles. The highest BCUT2D eigenvalue weighted by molar-refractivity contribution is 6.30. The van der Waals surface area contributed by atoms with Gasteiger partial charge >= 0.3 is 0 Å². The minimum atomic E-state index is -0.264. The molecule has 0 fully saturated rings. The van der Waals surface area contributed by atoms with E-state index in [2.05, 4.69) is 15.6 Å². The maximum atomic E-state index is 12.8. The fourth-order valence-corrected chi connectivity index (χ4v) is 3.53. The Hall–Kier alpha value is -3.58. The molecule has 4 rings (SSSR count). The molecule has 2 heterocycles. The maximum absolute atomic E-state index is 12.8. The van der Waals surface area contributed by atoms with E-state index in [-0.39, 0.29) is 5.91 Å². The lowest BCUT2D eigenvalue weighted by atomic mass is 10.2. The van der Waals surface area contributed by atoms with Crippen LogP contribution in [0.4, 0.5) is 5.82 Å². The minimum Gasteiger partial charge on any atom is -0.489 e. The summed E-state index contributed by atoms with van der Waals surface area (Å²) >= 11 is 6.07. The third-order valence-corrected chi connectivity index (χ3v) is 5.34. The third-order valence-electron chi connectivity index (χ3n) is 5.10. The Morgan fingerprint density at radius 1 is 1.12 bits per heavy atom. The Morgan fingerprint density at radius 3 is 2.69 bits per heavy atom. The van der Waals surface area contributed by atoms with E-state index in [1.807, 2.05) is 55.8 Å². The van der Waals surface area contributed by atoms with Crippen LogP contribution in [0.15, 0.2) is 59.1 Å². The van der Waals surface area contributed by atoms with Gasteiger partial charge in [0.05, 0.1) is 17.8 Å². The van der Waals surface area contributed by atoms with Crippen molar-refractivity contribution in [1.82, 2.24) is 14.9 Å². The fourth-order valence-electron chi connectivity index (χ4n) is 3.32. The van der Waals surface area contributed by atoms with Gasteiger partial charge in [-0.15, -0.1) is 0 Å². The summed E-state index contributed by atoms with van der Waals surface area (Å²) in [6.45, 7) is 6.53. The van der Waals surface area contributed by atoms with Crippen molar-refractivity contribution < 1.29 is 14.1 Å². The van der Waals surface area contributed by atoms with E-state index in [9.17, 15) is 4.79 Å². The quantitative estimate of drug-likeness (QED) is 0.411. The molecule has 32 heavy (non-hydrogen) atoms. The van der Waals surface area contributed by atoms with Crippen molar-refractivity contribution in [2.75, 3.05) is 5.32 Å². The molecule has 8 heteroatoms. The zero-order chi connectivity index (χ0) is 22.7. The van der Waals surface area contributed by atoms with Gasteiger partial charge in [-0.2, -0.15) is 5.10 Å². The smallest absolute Gasteiger partial charge is 0.256 e. The summed E-state index contributed by atoms with van der Waals surface area (Å²) in [7, 11) is 0. The van der Waals surface area contributed by atoms with Gasteiger partial charge in [-0.05, 0) is 56.7 Å². The first-order chi connectivity index (χ1) is 15.4. The van der Waals surface area contributed by atoms with Crippen molar-refractivity contribution in [3.05, 3.63) is 93.5 Å². The highest BCUT2D eigenvalue weighted by Gasteiger charge is 2.13. The van der Waals surface area contributed by atoms with E-state index in [0.29, 0.717) is 35.3 Å². The van der Waals surface area contributed by atoms with Gasteiger partial charge in [-0.1, -0.05) is 35.0 Å². The van der Waals surface area contributed by atoms with Crippen LogP contribution >= 0.6 is 11.6 Å². The van der Waals surface area contributed by atoms with Crippen molar-refractivity contribution >= 4 is 23.3 Å². The number of amides is 1. The molecule has 0 unspecified atom stereocenters. The van der Waals surface area contributed by atoms with Gasteiger partial charge in [0.25, 0.3) is 5.91 Å². The van der Waals surface area contributed by atoms with E-state index < -0.39 is 0 Å². The molecule has 0 aliphatic carbocycles. The number of anilines is 1. The van der Waals surface area contributed by atoms with Gasteiger partial charge in [0, 0.05) is 22.3 Å². The summed E-state index contributed by atoms with van der Waals surface area (Å²) < 4.78 is 12.8. The number of aromatic nitrogens is 3. The number of ether oxygens (including phenoxy) is 1. The number of nitrogens with zero attached hydrogens (tertiary/aromatic N) is 3. The van der Waals surface area contributed by atoms with Crippen LogP contribution in [0.5, 0.6) is 5.75 Å². The lowest BCUT2D eigenvalue weighted by Gasteiger charge is -2.08. The Kier molecular flexibility index (Phi) is 6.28. The van der Waals surface area contributed by atoms with Crippen LogP contribution in [0.3, 0.4) is 0 Å². The first kappa shape index (κ1) is 21.6. The lowest BCUT2D eigenvalue weighted by molar-refractivity contribution is 0.102. The van der Waals surface area contributed by atoms with E-state index in [0.717, 1.165) is 28.3 Å². The zero-order valence-corrected chi connectivity index (χ0v) is 18.8. The summed E-state index contributed by atoms with van der Waals surface area (Å²) in [4.78, 5) is 12.8. The van der Waals surface area contributed by atoms with Gasteiger partial charge in [-0.3, -0.25) is 9.48 Å². The third kappa shape index (κ3) is 5.00. The molecule has 0 saturated carbocycles. The molecular formula is C24H23ClN4O3. The number of rotatable bonds is 7. The average Bonchev–Trinajstić information content (AvgIpc) is 3.27. The number of halogens is 1. The first-order valence-corrected chi connectivity index (χ1v) is 10.5. The Morgan fingerprint density at radius 2 is 1.94 bits per heavy atom. The predicted molar refractivity (Wildman–Crippen MR) is 122 cm³/mol. The number of aryl methyl sites for hydroxylation is 3. The van der Waals surface area contributed by atoms with Gasteiger partial charge in [0.2, 0.25) is 0 Å². The summed E-state index contributed by atoms with van der Waals surface area (Å²) in [6, 6.07) is 16.5. The van der Waals surface area contributed by atoms with Crippen molar-refractivity contribution in [3.8, 4) is 5.75 Å². The topological polar surface area (TPSA) is 82.2 Å². The minimum absolute atomic E-state index is 0.264. The Labute approximate surface area is 190 Å². The second kappa shape index (κ2) is 9.28. The second-order valence-electron chi connectivity index (χ2n) is 7.53. The van der Waals surface area contributed by atoms with Gasteiger partial charge < -0.3 is 14.6 Å². The van der Waals surface area contributed by atoms with Crippen LogP contribution in [0.25, 0.3) is 0 Å². The molecule has 4 aromatic rings. The van der Waals surface area contributed by atoms with Crippen LogP contribution in [0, 0.1) is 20.8 Å². The number of benzene rings is 2. The Balaban J connectivity index is 1.42. The van der Waals surface area contributed by atoms with Crippen LogP contribution < -0.4 is 10.1 Å². The molecule has 0 aliphatic heterocycles. The summed E-state index contributed by atoms with van der Waals surface area (Å²) in [5.41, 5.74) is 4.13. The van der Waals surface area contributed by atoms with Gasteiger partial charge in [0.15, 0.2) is 5.82 Å². The summed E-state index contributed by atoms with van der Waals surface area (Å²) in [5, 5.41) is 12.0. The molecule has 0 spiro atoms. The predicted octanol–water partition coefficient (Wildman–Crippen LogP) is 5.33. The second-order valence-corrected chi connectivity index (χ2v) is 7.97. The average molecular weight is 451 g/mol. The molecule has 0 radical (unpaired) electrons. The molecule has 0 saturated heterocycles. The number of nitrogens with one attached hydrogen (secondary N) is 1. The van der Waals surface area contributed by atoms with Crippen LogP contribution in [-0.4, -0.2) is 20.8 Å². The molecule has 2 aromatic heterocycles. The Bertz CT molecular complexity index is 1240. The first-order valence-electron chi connectivity index (χ1n) is 10.1. The summed E-state index contributed by atoms with van der Waals surface area (Å²) in [5.74, 6) is 1.53. The van der Waals surface area contributed by atoms with Gasteiger partial charge in [-0.25, -0.2) is 0 Å². The normalized spacial score (nSPS) is 10.9. The van der Waals surface area contributed by atoms with Crippen molar-refractivity contribution in [1.29, 1.82) is 0 Å². The molecule has 0 bridgehead atoms. The SMILES string of the molecule is Cc1noc(C)c1COc1cccc(C(=O)Nc2cc(C)n(Cc3cccc(Cl)c3)n2)c1. The largest absolute Gasteiger partial charge is 0.489 e. The van der Waals surface area contributed by atoms with E-state index in [4.69, 9.17) is 20.9 Å². The van der Waals surface area contributed by atoms with E-state index in [1.165, 1.54) is 0 Å². The number of carbonyl (C=O) groups is 1. The van der Waals surface area contributed by atoms with Crippen LogP contribution in [0.1, 0.15) is 38.6 Å². The summed E-state index contributed by atoms with van der Waals surface area (Å²) in [6.07, 6.45) is 0. The van der Waals surface area contributed by atoms with E-state index >= 15 is 0 Å². The fraction of sp³-hybridized carbons (Fsp3) is 0.208. The van der Waals surface area contributed by atoms with Gasteiger partial charge in [0.1, 0.15) is 18.1 Å².